The van der Waals surface area contributed by atoms with Gasteiger partial charge in [0.2, 0.25) is 11.5 Å². The highest BCUT2D eigenvalue weighted by molar-refractivity contribution is 7.99. The number of hydrogen-bond donors (Lipinski definition) is 1. The number of anilines is 1. The molecule has 5 aromatic rings. The fourth-order valence-corrected chi connectivity index (χ4v) is 4.54. The molecule has 0 aliphatic heterocycles. The number of hydrogen-bond acceptors (Lipinski definition) is 5. The molecule has 1 N–H and O–H groups in total. The van der Waals surface area contributed by atoms with E-state index in [2.05, 4.69) is 5.32 Å². The highest BCUT2D eigenvalue weighted by Crippen LogP contribution is 2.28. The lowest BCUT2D eigenvalue weighted by molar-refractivity contribution is -0.113. The van der Waals surface area contributed by atoms with Crippen LogP contribution in [-0.2, 0) is 11.3 Å². The molecule has 0 atom stereocenters. The van der Waals surface area contributed by atoms with E-state index in [4.69, 9.17) is 21.0 Å². The Labute approximate surface area is 202 Å². The van der Waals surface area contributed by atoms with Crippen LogP contribution in [0.25, 0.3) is 22.1 Å². The van der Waals surface area contributed by atoms with E-state index in [0.29, 0.717) is 21.9 Å². The van der Waals surface area contributed by atoms with Crippen molar-refractivity contribution in [2.75, 3.05) is 11.1 Å². The first kappa shape index (κ1) is 22.2. The summed E-state index contributed by atoms with van der Waals surface area (Å²) in [5, 5.41) is 3.72. The lowest BCUT2D eigenvalue weighted by Crippen LogP contribution is -2.24. The molecule has 170 valence electrons. The van der Waals surface area contributed by atoms with Crippen LogP contribution in [0, 0.1) is 5.82 Å². The van der Waals surface area contributed by atoms with Crippen molar-refractivity contribution in [2.45, 2.75) is 11.7 Å². The Bertz CT molecular complexity index is 1580. The molecule has 6 nitrogen and oxygen atoms in total. The standard InChI is InChI=1S/C25H17ClFN3O3S/c26-18-12-16(10-11-19(18)27)28-21(31)14-34-25-29-22-17-8-4-5-9-20(17)33-23(22)24(32)30(25)13-15-6-2-1-3-7-15/h1-12H,13-14H2,(H,28,31). The summed E-state index contributed by atoms with van der Waals surface area (Å²) in [5.41, 5.74) is 2.17. The van der Waals surface area contributed by atoms with E-state index < -0.39 is 5.82 Å². The zero-order valence-electron chi connectivity index (χ0n) is 17.6. The lowest BCUT2D eigenvalue weighted by Gasteiger charge is -2.12. The maximum atomic E-state index is 13.4. The quantitative estimate of drug-likeness (QED) is 0.242. The van der Waals surface area contributed by atoms with Gasteiger partial charge in [0.15, 0.2) is 5.16 Å². The summed E-state index contributed by atoms with van der Waals surface area (Å²) in [6.45, 7) is 0.275. The second-order valence-corrected chi connectivity index (χ2v) is 8.86. The van der Waals surface area contributed by atoms with E-state index in [1.807, 2.05) is 48.5 Å². The van der Waals surface area contributed by atoms with E-state index in [-0.39, 0.29) is 34.4 Å². The lowest BCUT2D eigenvalue weighted by atomic mass is 10.2. The van der Waals surface area contributed by atoms with Crippen LogP contribution in [0.15, 0.2) is 87.2 Å². The number of halogens is 2. The van der Waals surface area contributed by atoms with Crippen molar-refractivity contribution in [3.8, 4) is 0 Å². The zero-order chi connectivity index (χ0) is 23.7. The van der Waals surface area contributed by atoms with E-state index >= 15 is 0 Å². The third kappa shape index (κ3) is 4.42. The maximum Gasteiger partial charge on any atom is 0.298 e. The summed E-state index contributed by atoms with van der Waals surface area (Å²) in [7, 11) is 0. The highest BCUT2D eigenvalue weighted by Gasteiger charge is 2.19. The zero-order valence-corrected chi connectivity index (χ0v) is 19.2. The van der Waals surface area contributed by atoms with Gasteiger partial charge < -0.3 is 9.73 Å². The Balaban J connectivity index is 1.49. The number of thioether (sulfide) groups is 1. The number of carbonyl (C=O) groups excluding carboxylic acids is 1. The Morgan fingerprint density at radius 2 is 1.85 bits per heavy atom. The van der Waals surface area contributed by atoms with Gasteiger partial charge in [-0.1, -0.05) is 65.8 Å². The summed E-state index contributed by atoms with van der Waals surface area (Å²) in [4.78, 5) is 30.7. The molecule has 1 amide bonds. The number of para-hydroxylation sites is 1. The third-order valence-corrected chi connectivity index (χ3v) is 6.43. The second kappa shape index (κ2) is 9.32. The van der Waals surface area contributed by atoms with Gasteiger partial charge in [0, 0.05) is 11.1 Å². The molecule has 0 saturated carbocycles. The van der Waals surface area contributed by atoms with Crippen molar-refractivity contribution in [1.82, 2.24) is 9.55 Å². The first-order chi connectivity index (χ1) is 16.5. The first-order valence-electron chi connectivity index (χ1n) is 10.3. The number of nitrogens with one attached hydrogen (secondary N) is 1. The van der Waals surface area contributed by atoms with Gasteiger partial charge in [0.1, 0.15) is 16.9 Å². The fourth-order valence-electron chi connectivity index (χ4n) is 3.57. The number of aromatic nitrogens is 2. The summed E-state index contributed by atoms with van der Waals surface area (Å²) in [6, 6.07) is 20.8. The Hall–Kier alpha value is -3.62. The first-order valence-corrected chi connectivity index (χ1v) is 11.7. The van der Waals surface area contributed by atoms with Crippen molar-refractivity contribution in [3.63, 3.8) is 0 Å². The number of furan rings is 1. The molecule has 34 heavy (non-hydrogen) atoms. The molecule has 0 radical (unpaired) electrons. The molecule has 2 aromatic heterocycles. The van der Waals surface area contributed by atoms with Crippen LogP contribution in [0.2, 0.25) is 5.02 Å². The maximum absolute atomic E-state index is 13.4. The molecular weight excluding hydrogens is 477 g/mol. The van der Waals surface area contributed by atoms with Crippen LogP contribution in [0.4, 0.5) is 10.1 Å². The van der Waals surface area contributed by atoms with Gasteiger partial charge in [-0.3, -0.25) is 14.2 Å². The number of benzene rings is 3. The van der Waals surface area contributed by atoms with Crippen LogP contribution in [-0.4, -0.2) is 21.2 Å². The van der Waals surface area contributed by atoms with Crippen LogP contribution < -0.4 is 10.9 Å². The minimum absolute atomic E-state index is 0.0164. The van der Waals surface area contributed by atoms with Gasteiger partial charge >= 0.3 is 0 Å². The summed E-state index contributed by atoms with van der Waals surface area (Å²) < 4.78 is 20.7. The normalized spacial score (nSPS) is 11.2. The van der Waals surface area contributed by atoms with E-state index in [9.17, 15) is 14.0 Å². The van der Waals surface area contributed by atoms with E-state index in [0.717, 1.165) is 22.7 Å². The number of rotatable bonds is 6. The second-order valence-electron chi connectivity index (χ2n) is 7.51. The summed E-state index contributed by atoms with van der Waals surface area (Å²) in [6.07, 6.45) is 0. The molecule has 0 fully saturated rings. The Morgan fingerprint density at radius 1 is 1.09 bits per heavy atom. The fraction of sp³-hybridized carbons (Fsp3) is 0.0800. The Morgan fingerprint density at radius 3 is 2.65 bits per heavy atom. The summed E-state index contributed by atoms with van der Waals surface area (Å²) in [5.74, 6) is -0.925. The molecule has 0 unspecified atom stereocenters. The predicted octanol–water partition coefficient (Wildman–Crippen LogP) is 5.71. The predicted molar refractivity (Wildman–Crippen MR) is 132 cm³/mol. The molecule has 0 bridgehead atoms. The van der Waals surface area contributed by atoms with Crippen LogP contribution in [0.5, 0.6) is 0 Å². The van der Waals surface area contributed by atoms with E-state index in [1.54, 1.807) is 6.07 Å². The minimum atomic E-state index is -0.566. The average molecular weight is 494 g/mol. The van der Waals surface area contributed by atoms with Gasteiger partial charge in [-0.15, -0.1) is 0 Å². The van der Waals surface area contributed by atoms with Gasteiger partial charge in [0.25, 0.3) is 5.56 Å². The van der Waals surface area contributed by atoms with Crippen LogP contribution in [0.3, 0.4) is 0 Å². The van der Waals surface area contributed by atoms with Crippen molar-refractivity contribution in [3.05, 3.63) is 99.6 Å². The van der Waals surface area contributed by atoms with Gasteiger partial charge in [-0.2, -0.15) is 0 Å². The molecular formula is C25H17ClFN3O3S. The third-order valence-electron chi connectivity index (χ3n) is 5.17. The van der Waals surface area contributed by atoms with Crippen molar-refractivity contribution >= 4 is 57.0 Å². The molecule has 0 spiro atoms. The van der Waals surface area contributed by atoms with Crippen molar-refractivity contribution in [1.29, 1.82) is 0 Å². The molecule has 5 rings (SSSR count). The largest absolute Gasteiger partial charge is 0.448 e. The average Bonchev–Trinajstić information content (AvgIpc) is 3.22. The monoisotopic (exact) mass is 493 g/mol. The summed E-state index contributed by atoms with van der Waals surface area (Å²) >= 11 is 6.92. The molecule has 9 heteroatoms. The van der Waals surface area contributed by atoms with Gasteiger partial charge in [0.05, 0.1) is 17.3 Å². The van der Waals surface area contributed by atoms with Crippen molar-refractivity contribution < 1.29 is 13.6 Å². The minimum Gasteiger partial charge on any atom is -0.448 e. The molecule has 2 heterocycles. The van der Waals surface area contributed by atoms with E-state index in [1.165, 1.54) is 22.8 Å². The van der Waals surface area contributed by atoms with Gasteiger partial charge in [-0.25, -0.2) is 9.37 Å². The van der Waals surface area contributed by atoms with Crippen molar-refractivity contribution in [2.24, 2.45) is 0 Å². The number of nitrogens with zero attached hydrogens (tertiary/aromatic N) is 2. The van der Waals surface area contributed by atoms with Gasteiger partial charge in [-0.05, 0) is 35.9 Å². The number of amides is 1. The topological polar surface area (TPSA) is 77.1 Å². The highest BCUT2D eigenvalue weighted by atomic mass is 35.5. The molecule has 3 aromatic carbocycles. The number of carbonyl (C=O) groups is 1. The molecule has 0 saturated heterocycles. The number of fused-ring (bicyclic) bond motifs is 3. The smallest absolute Gasteiger partial charge is 0.298 e. The van der Waals surface area contributed by atoms with Crippen LogP contribution in [0.1, 0.15) is 5.56 Å². The molecule has 0 aliphatic carbocycles. The molecule has 0 aliphatic rings. The SMILES string of the molecule is O=C(CSc1nc2c(oc3ccccc32)c(=O)n1Cc1ccccc1)Nc1ccc(F)c(Cl)c1. The van der Waals surface area contributed by atoms with Crippen LogP contribution >= 0.6 is 23.4 Å². The Kier molecular flexibility index (Phi) is 6.08.